The summed E-state index contributed by atoms with van der Waals surface area (Å²) in [6, 6.07) is 17.0. The van der Waals surface area contributed by atoms with Gasteiger partial charge in [0.1, 0.15) is 5.52 Å². The Bertz CT molecular complexity index is 1320. The summed E-state index contributed by atoms with van der Waals surface area (Å²) in [6.45, 7) is 1.46. The van der Waals surface area contributed by atoms with Crippen molar-refractivity contribution in [2.75, 3.05) is 5.32 Å². The molecular formula is C22H16N4O5. The number of hydrogen-bond donors (Lipinski definition) is 2. The zero-order valence-electron chi connectivity index (χ0n) is 16.3. The molecule has 0 saturated heterocycles. The fourth-order valence-corrected chi connectivity index (χ4v) is 3.11. The van der Waals surface area contributed by atoms with Crippen LogP contribution in [-0.4, -0.2) is 31.5 Å². The summed E-state index contributed by atoms with van der Waals surface area (Å²) >= 11 is 0. The van der Waals surface area contributed by atoms with Crippen molar-refractivity contribution in [3.8, 4) is 11.4 Å². The van der Waals surface area contributed by atoms with Crippen molar-refractivity contribution in [3.63, 3.8) is 0 Å². The van der Waals surface area contributed by atoms with Crippen molar-refractivity contribution >= 4 is 34.1 Å². The van der Waals surface area contributed by atoms with Gasteiger partial charge < -0.3 is 10.5 Å². The van der Waals surface area contributed by atoms with Gasteiger partial charge in [-0.3, -0.25) is 19.7 Å². The first kappa shape index (κ1) is 19.8. The molecule has 0 atom stereocenters. The Kier molecular flexibility index (Phi) is 4.92. The van der Waals surface area contributed by atoms with Gasteiger partial charge in [0.05, 0.1) is 10.4 Å². The first-order chi connectivity index (χ1) is 14.8. The minimum Gasteiger partial charge on any atom is -0.426 e. The third-order valence-electron chi connectivity index (χ3n) is 4.78. The summed E-state index contributed by atoms with van der Waals surface area (Å²) in [7, 11) is 0. The molecule has 0 saturated carbocycles. The second-order valence-corrected chi connectivity index (χ2v) is 6.84. The Labute approximate surface area is 175 Å². The van der Waals surface area contributed by atoms with Gasteiger partial charge in [0.15, 0.2) is 11.6 Å². The fraction of sp³-hybridized carbons (Fsp3) is 0.0455. The number of nitro benzene ring substituents is 1. The van der Waals surface area contributed by atoms with Gasteiger partial charge in [-0.2, -0.15) is 4.73 Å². The van der Waals surface area contributed by atoms with Gasteiger partial charge >= 0.3 is 0 Å². The molecule has 154 valence electrons. The molecule has 1 amide bonds. The normalized spacial score (nSPS) is 10.7. The summed E-state index contributed by atoms with van der Waals surface area (Å²) in [5, 5.41) is 24.1. The molecule has 2 N–H and O–H groups in total. The van der Waals surface area contributed by atoms with Crippen molar-refractivity contribution in [3.05, 3.63) is 88.0 Å². The molecule has 31 heavy (non-hydrogen) atoms. The average Bonchev–Trinajstić information content (AvgIpc) is 3.10. The van der Waals surface area contributed by atoms with Crippen LogP contribution in [0.1, 0.15) is 27.6 Å². The van der Waals surface area contributed by atoms with Crippen LogP contribution < -0.4 is 5.32 Å². The highest BCUT2D eigenvalue weighted by molar-refractivity contribution is 6.05. The van der Waals surface area contributed by atoms with Crippen LogP contribution in [0, 0.1) is 10.1 Å². The van der Waals surface area contributed by atoms with E-state index >= 15 is 0 Å². The predicted molar refractivity (Wildman–Crippen MR) is 113 cm³/mol. The van der Waals surface area contributed by atoms with Crippen LogP contribution >= 0.6 is 0 Å². The van der Waals surface area contributed by atoms with Gasteiger partial charge in [0.2, 0.25) is 0 Å². The number of carbonyl (C=O) groups excluding carboxylic acids is 2. The maximum absolute atomic E-state index is 12.4. The number of non-ortho nitro benzene ring substituents is 1. The highest BCUT2D eigenvalue weighted by atomic mass is 16.6. The van der Waals surface area contributed by atoms with E-state index in [2.05, 4.69) is 10.3 Å². The number of benzene rings is 3. The molecule has 0 unspecified atom stereocenters. The number of hydrogen-bond acceptors (Lipinski definition) is 6. The molecule has 0 bridgehead atoms. The van der Waals surface area contributed by atoms with Crippen LogP contribution in [-0.2, 0) is 0 Å². The van der Waals surface area contributed by atoms with Crippen molar-refractivity contribution < 1.29 is 19.7 Å². The molecule has 0 aliphatic heterocycles. The Morgan fingerprint density at radius 1 is 1.00 bits per heavy atom. The maximum Gasteiger partial charge on any atom is 0.271 e. The van der Waals surface area contributed by atoms with E-state index in [1.54, 1.807) is 48.5 Å². The van der Waals surface area contributed by atoms with E-state index in [4.69, 9.17) is 0 Å². The molecule has 9 nitrogen and oxygen atoms in total. The van der Waals surface area contributed by atoms with E-state index in [9.17, 15) is 24.9 Å². The van der Waals surface area contributed by atoms with Gasteiger partial charge in [-0.15, -0.1) is 0 Å². The number of nitrogens with zero attached hydrogens (tertiary/aromatic N) is 3. The van der Waals surface area contributed by atoms with Crippen LogP contribution in [0.4, 0.5) is 11.4 Å². The molecule has 1 aromatic heterocycles. The Morgan fingerprint density at radius 3 is 2.26 bits per heavy atom. The highest BCUT2D eigenvalue weighted by Crippen LogP contribution is 2.27. The number of anilines is 1. The van der Waals surface area contributed by atoms with Crippen molar-refractivity contribution in [2.24, 2.45) is 0 Å². The zero-order valence-corrected chi connectivity index (χ0v) is 16.3. The minimum atomic E-state index is -0.544. The largest absolute Gasteiger partial charge is 0.426 e. The molecule has 3 aromatic carbocycles. The van der Waals surface area contributed by atoms with E-state index in [0.29, 0.717) is 27.9 Å². The number of ketones is 1. The molecule has 0 aliphatic carbocycles. The molecule has 0 spiro atoms. The van der Waals surface area contributed by atoms with Gasteiger partial charge in [-0.1, -0.05) is 12.1 Å². The number of carbonyl (C=O) groups is 2. The first-order valence-corrected chi connectivity index (χ1v) is 9.22. The van der Waals surface area contributed by atoms with Gasteiger partial charge in [0.25, 0.3) is 11.6 Å². The Morgan fingerprint density at radius 2 is 1.65 bits per heavy atom. The number of amides is 1. The Hall–Kier alpha value is -4.53. The number of aromatic nitrogens is 2. The van der Waals surface area contributed by atoms with E-state index < -0.39 is 4.92 Å². The quantitative estimate of drug-likeness (QED) is 0.216. The highest BCUT2D eigenvalue weighted by Gasteiger charge is 2.16. The third kappa shape index (κ3) is 3.84. The summed E-state index contributed by atoms with van der Waals surface area (Å²) < 4.78 is 0.798. The molecule has 0 aliphatic rings. The number of nitro groups is 1. The average molecular weight is 416 g/mol. The number of Topliss-reactive ketones (excluding diaryl/α,β-unsaturated/α-hetero) is 1. The first-order valence-electron chi connectivity index (χ1n) is 9.22. The molecular weight excluding hydrogens is 400 g/mol. The van der Waals surface area contributed by atoms with Crippen LogP contribution in [0.5, 0.6) is 0 Å². The zero-order chi connectivity index (χ0) is 22.1. The van der Waals surface area contributed by atoms with E-state index in [0.717, 1.165) is 4.73 Å². The van der Waals surface area contributed by atoms with Crippen LogP contribution in [0.3, 0.4) is 0 Å². The lowest BCUT2D eigenvalue weighted by molar-refractivity contribution is -0.384. The molecule has 4 aromatic rings. The van der Waals surface area contributed by atoms with Crippen molar-refractivity contribution in [1.82, 2.24) is 9.71 Å². The van der Waals surface area contributed by atoms with Crippen molar-refractivity contribution in [2.45, 2.75) is 6.92 Å². The lowest BCUT2D eigenvalue weighted by Crippen LogP contribution is -2.12. The molecule has 0 fully saturated rings. The van der Waals surface area contributed by atoms with Crippen LogP contribution in [0.25, 0.3) is 22.4 Å². The second-order valence-electron chi connectivity index (χ2n) is 6.84. The maximum atomic E-state index is 12.4. The minimum absolute atomic E-state index is 0.0768. The standard InChI is InChI=1S/C22H16N4O5/c1-13(27)14-2-4-16(5-3-14)22(28)23-17-8-6-15(7-9-17)21-24-19-11-10-18(26(30)31)12-20(19)25(21)29/h2-12,29H,1H3,(H,23,28). The number of imidazole rings is 1. The number of nitrogens with one attached hydrogen (secondary N) is 1. The lowest BCUT2D eigenvalue weighted by Gasteiger charge is -2.07. The molecule has 9 heteroatoms. The van der Waals surface area contributed by atoms with E-state index in [1.165, 1.54) is 25.1 Å². The van der Waals surface area contributed by atoms with Crippen LogP contribution in [0.2, 0.25) is 0 Å². The van der Waals surface area contributed by atoms with Crippen LogP contribution in [0.15, 0.2) is 66.7 Å². The van der Waals surface area contributed by atoms with E-state index in [1.807, 2.05) is 0 Å². The predicted octanol–water partition coefficient (Wildman–Crippen LogP) is 4.30. The SMILES string of the molecule is CC(=O)c1ccc(C(=O)Nc2ccc(-c3nc4ccc([N+](=O)[O-])cc4n3O)cc2)cc1. The summed E-state index contributed by atoms with van der Waals surface area (Å²) in [6.07, 6.45) is 0. The monoisotopic (exact) mass is 416 g/mol. The number of rotatable bonds is 5. The molecule has 0 radical (unpaired) electrons. The summed E-state index contributed by atoms with van der Waals surface area (Å²) in [5.74, 6) is -0.190. The smallest absolute Gasteiger partial charge is 0.271 e. The third-order valence-corrected chi connectivity index (χ3v) is 4.78. The van der Waals surface area contributed by atoms with Gasteiger partial charge in [-0.25, -0.2) is 4.98 Å². The number of fused-ring (bicyclic) bond motifs is 1. The molecule has 4 rings (SSSR count). The summed E-state index contributed by atoms with van der Waals surface area (Å²) in [5.41, 5.74) is 2.51. The molecule has 1 heterocycles. The second kappa shape index (κ2) is 7.71. The van der Waals surface area contributed by atoms with Crippen molar-refractivity contribution in [1.29, 1.82) is 0 Å². The lowest BCUT2D eigenvalue weighted by atomic mass is 10.1. The topological polar surface area (TPSA) is 127 Å². The van der Waals surface area contributed by atoms with Gasteiger partial charge in [-0.05, 0) is 49.4 Å². The Balaban J connectivity index is 1.55. The fourth-order valence-electron chi connectivity index (χ4n) is 3.11. The van der Waals surface area contributed by atoms with E-state index in [-0.39, 0.29) is 28.7 Å². The summed E-state index contributed by atoms with van der Waals surface area (Å²) in [4.78, 5) is 38.5. The van der Waals surface area contributed by atoms with Gasteiger partial charge in [0, 0.05) is 34.5 Å².